The number of nitrogens with two attached hydrogens (primary N) is 1. The lowest BCUT2D eigenvalue weighted by Crippen LogP contribution is -2.02. The van der Waals surface area contributed by atoms with Crippen LogP contribution in [0.3, 0.4) is 0 Å². The fourth-order valence-corrected chi connectivity index (χ4v) is 1.64. The van der Waals surface area contributed by atoms with E-state index in [1.165, 1.54) is 5.56 Å². The molecule has 0 aliphatic rings. The molecule has 2 N–H and O–H groups in total. The van der Waals surface area contributed by atoms with Crippen molar-refractivity contribution in [3.8, 4) is 0 Å². The van der Waals surface area contributed by atoms with Crippen molar-refractivity contribution >= 4 is 0 Å². The van der Waals surface area contributed by atoms with Crippen LogP contribution in [0.25, 0.3) is 0 Å². The van der Waals surface area contributed by atoms with Gasteiger partial charge < -0.3 is 10.3 Å². The minimum absolute atomic E-state index is 0.702. The quantitative estimate of drug-likeness (QED) is 0.799. The predicted molar refractivity (Wildman–Crippen MR) is 59.5 cm³/mol. The fraction of sp³-hybridized carbons (Fsp3) is 0.364. The average molecular weight is 204 g/mol. The first kappa shape index (κ1) is 9.98. The molecule has 0 aliphatic carbocycles. The van der Waals surface area contributed by atoms with E-state index in [1.807, 2.05) is 24.0 Å². The van der Waals surface area contributed by atoms with Crippen molar-refractivity contribution in [1.29, 1.82) is 0 Å². The molecule has 0 unspecified atom stereocenters. The highest BCUT2D eigenvalue weighted by Crippen LogP contribution is 2.04. The molecule has 0 saturated carbocycles. The van der Waals surface area contributed by atoms with Crippen molar-refractivity contribution in [2.45, 2.75) is 13.0 Å². The van der Waals surface area contributed by atoms with Gasteiger partial charge in [0.1, 0.15) is 0 Å². The van der Waals surface area contributed by atoms with Gasteiger partial charge in [-0.3, -0.25) is 4.68 Å². The van der Waals surface area contributed by atoms with Gasteiger partial charge in [0.2, 0.25) is 0 Å². The highest BCUT2D eigenvalue weighted by molar-refractivity contribution is 5.12. The lowest BCUT2D eigenvalue weighted by molar-refractivity contribution is 0.707. The minimum atomic E-state index is 0.702. The molecular formula is C11H16N4. The Morgan fingerprint density at radius 3 is 2.87 bits per heavy atom. The Morgan fingerprint density at radius 1 is 1.33 bits per heavy atom. The maximum atomic E-state index is 5.50. The van der Waals surface area contributed by atoms with E-state index < -0.39 is 0 Å². The Morgan fingerprint density at radius 2 is 2.20 bits per heavy atom. The van der Waals surface area contributed by atoms with Crippen LogP contribution < -0.4 is 5.73 Å². The molecule has 2 rings (SSSR count). The molecule has 80 valence electrons. The van der Waals surface area contributed by atoms with E-state index in [4.69, 9.17) is 5.73 Å². The number of rotatable bonds is 4. The van der Waals surface area contributed by atoms with E-state index in [2.05, 4.69) is 28.1 Å². The zero-order valence-electron chi connectivity index (χ0n) is 8.93. The van der Waals surface area contributed by atoms with E-state index in [1.54, 1.807) is 0 Å². The molecular weight excluding hydrogens is 188 g/mol. The lowest BCUT2D eigenvalue weighted by atomic mass is 10.2. The van der Waals surface area contributed by atoms with Gasteiger partial charge in [-0.2, -0.15) is 5.10 Å². The first-order valence-electron chi connectivity index (χ1n) is 5.11. The summed E-state index contributed by atoms with van der Waals surface area (Å²) in [6, 6.07) is 4.14. The topological polar surface area (TPSA) is 48.8 Å². The van der Waals surface area contributed by atoms with Crippen LogP contribution in [0.1, 0.15) is 11.3 Å². The zero-order valence-corrected chi connectivity index (χ0v) is 8.93. The fourth-order valence-electron chi connectivity index (χ4n) is 1.64. The van der Waals surface area contributed by atoms with Crippen LogP contribution in [0.2, 0.25) is 0 Å². The summed E-state index contributed by atoms with van der Waals surface area (Å²) < 4.78 is 3.95. The summed E-state index contributed by atoms with van der Waals surface area (Å²) >= 11 is 0. The second-order valence-corrected chi connectivity index (χ2v) is 3.71. The summed E-state index contributed by atoms with van der Waals surface area (Å²) in [6.45, 7) is 1.53. The van der Waals surface area contributed by atoms with Crippen LogP contribution in [0.5, 0.6) is 0 Å². The van der Waals surface area contributed by atoms with E-state index in [-0.39, 0.29) is 0 Å². The minimum Gasteiger partial charge on any atom is -0.348 e. The van der Waals surface area contributed by atoms with Crippen molar-refractivity contribution in [2.24, 2.45) is 12.8 Å². The predicted octanol–water partition coefficient (Wildman–Crippen LogP) is 0.771. The molecule has 0 bridgehead atoms. The Hall–Kier alpha value is -1.55. The van der Waals surface area contributed by atoms with Gasteiger partial charge in [0.15, 0.2) is 0 Å². The van der Waals surface area contributed by atoms with E-state index in [9.17, 15) is 0 Å². The average Bonchev–Trinajstić information content (AvgIpc) is 2.78. The molecule has 2 heterocycles. The first-order chi connectivity index (χ1) is 7.28. The van der Waals surface area contributed by atoms with Crippen LogP contribution in [0, 0.1) is 0 Å². The summed E-state index contributed by atoms with van der Waals surface area (Å²) in [5.41, 5.74) is 7.86. The third-order valence-corrected chi connectivity index (χ3v) is 2.36. The maximum absolute atomic E-state index is 5.50. The molecule has 0 atom stereocenters. The largest absolute Gasteiger partial charge is 0.348 e. The van der Waals surface area contributed by atoms with E-state index in [0.717, 1.165) is 18.7 Å². The van der Waals surface area contributed by atoms with Crippen molar-refractivity contribution in [1.82, 2.24) is 14.3 Å². The second kappa shape index (κ2) is 4.31. The van der Waals surface area contributed by atoms with Gasteiger partial charge in [-0.25, -0.2) is 0 Å². The first-order valence-corrected chi connectivity index (χ1v) is 5.11. The van der Waals surface area contributed by atoms with Crippen molar-refractivity contribution < 1.29 is 0 Å². The monoisotopic (exact) mass is 204 g/mol. The van der Waals surface area contributed by atoms with Gasteiger partial charge in [0.25, 0.3) is 0 Å². The molecule has 2 aromatic rings. The molecule has 0 radical (unpaired) electrons. The van der Waals surface area contributed by atoms with Gasteiger partial charge in [0.05, 0.1) is 12.2 Å². The smallest absolute Gasteiger partial charge is 0.0821 e. The SMILES string of the molecule is Cn1ccc(Cn2ccc(CCN)c2)n1. The summed E-state index contributed by atoms with van der Waals surface area (Å²) in [5.74, 6) is 0. The molecule has 0 aromatic carbocycles. The summed E-state index contributed by atoms with van der Waals surface area (Å²) in [4.78, 5) is 0. The summed E-state index contributed by atoms with van der Waals surface area (Å²) in [7, 11) is 1.93. The Bertz CT molecular complexity index is 427. The summed E-state index contributed by atoms with van der Waals surface area (Å²) in [5, 5.41) is 4.33. The van der Waals surface area contributed by atoms with Crippen LogP contribution in [-0.2, 0) is 20.0 Å². The number of hydrogen-bond donors (Lipinski definition) is 1. The molecule has 4 nitrogen and oxygen atoms in total. The van der Waals surface area contributed by atoms with Crippen LogP contribution in [-0.4, -0.2) is 20.9 Å². The highest BCUT2D eigenvalue weighted by atomic mass is 15.3. The molecule has 15 heavy (non-hydrogen) atoms. The number of nitrogens with zero attached hydrogens (tertiary/aromatic N) is 3. The Kier molecular flexibility index (Phi) is 2.87. The highest BCUT2D eigenvalue weighted by Gasteiger charge is 1.99. The van der Waals surface area contributed by atoms with E-state index in [0.29, 0.717) is 6.54 Å². The third-order valence-electron chi connectivity index (χ3n) is 2.36. The zero-order chi connectivity index (χ0) is 10.7. The summed E-state index contributed by atoms with van der Waals surface area (Å²) in [6.07, 6.45) is 7.09. The lowest BCUT2D eigenvalue weighted by Gasteiger charge is -1.98. The van der Waals surface area contributed by atoms with Crippen molar-refractivity contribution in [3.05, 3.63) is 42.0 Å². The van der Waals surface area contributed by atoms with Crippen LogP contribution in [0.4, 0.5) is 0 Å². The van der Waals surface area contributed by atoms with Gasteiger partial charge in [-0.1, -0.05) is 0 Å². The van der Waals surface area contributed by atoms with Gasteiger partial charge in [-0.05, 0) is 30.7 Å². The number of hydrogen-bond acceptors (Lipinski definition) is 2. The van der Waals surface area contributed by atoms with Gasteiger partial charge in [0, 0.05) is 25.6 Å². The Labute approximate surface area is 89.3 Å². The number of aryl methyl sites for hydroxylation is 1. The molecule has 2 aromatic heterocycles. The molecule has 0 spiro atoms. The molecule has 0 amide bonds. The van der Waals surface area contributed by atoms with Crippen molar-refractivity contribution in [2.75, 3.05) is 6.54 Å². The maximum Gasteiger partial charge on any atom is 0.0821 e. The van der Waals surface area contributed by atoms with Gasteiger partial charge >= 0.3 is 0 Å². The molecule has 0 fully saturated rings. The number of aromatic nitrogens is 3. The molecule has 0 saturated heterocycles. The van der Waals surface area contributed by atoms with Crippen molar-refractivity contribution in [3.63, 3.8) is 0 Å². The van der Waals surface area contributed by atoms with Crippen LogP contribution >= 0.6 is 0 Å². The third kappa shape index (κ3) is 2.47. The molecule has 4 heteroatoms. The van der Waals surface area contributed by atoms with E-state index >= 15 is 0 Å². The normalized spacial score (nSPS) is 10.8. The van der Waals surface area contributed by atoms with Gasteiger partial charge in [-0.15, -0.1) is 0 Å². The van der Waals surface area contributed by atoms with Crippen LogP contribution in [0.15, 0.2) is 30.7 Å². The molecule has 0 aliphatic heterocycles. The standard InChI is InChI=1S/C11H16N4/c1-14-6-4-11(13-14)9-15-7-3-10(8-15)2-5-12/h3-4,6-8H,2,5,9,12H2,1H3. The Balaban J connectivity index is 2.04. The second-order valence-electron chi connectivity index (χ2n) is 3.71.